The van der Waals surface area contributed by atoms with E-state index in [1.54, 1.807) is 12.1 Å². The molecule has 1 aromatic carbocycles. The van der Waals surface area contributed by atoms with Gasteiger partial charge in [-0.15, -0.1) is 0 Å². The fraction of sp³-hybridized carbons (Fsp3) is 0.400. The number of halogens is 1. The Hall–Kier alpha value is -1.44. The van der Waals surface area contributed by atoms with Crippen LogP contribution >= 0.6 is 22.6 Å². The average molecular weight is 399 g/mol. The van der Waals surface area contributed by atoms with Crippen LogP contribution in [0.4, 0.5) is 5.69 Å². The van der Waals surface area contributed by atoms with Crippen LogP contribution in [0.1, 0.15) is 42.5 Å². The number of nitrogens with zero attached hydrogens (tertiary/aromatic N) is 1. The van der Waals surface area contributed by atoms with E-state index in [4.69, 9.17) is 0 Å². The summed E-state index contributed by atoms with van der Waals surface area (Å²) < 4.78 is 0.753. The number of imide groups is 1. The molecule has 2 amide bonds. The van der Waals surface area contributed by atoms with Crippen LogP contribution < -0.4 is 4.90 Å². The van der Waals surface area contributed by atoms with Crippen LogP contribution in [0.3, 0.4) is 0 Å². The molecule has 0 aromatic heterocycles. The van der Waals surface area contributed by atoms with Crippen LogP contribution in [-0.4, -0.2) is 22.9 Å². The van der Waals surface area contributed by atoms with Gasteiger partial charge in [0, 0.05) is 9.99 Å². The summed E-state index contributed by atoms with van der Waals surface area (Å²) in [5.74, 6) is -1.64. The number of benzene rings is 1. The van der Waals surface area contributed by atoms with E-state index in [0.29, 0.717) is 0 Å². The van der Waals surface area contributed by atoms with Gasteiger partial charge in [-0.25, -0.2) is 9.69 Å². The topological polar surface area (TPSA) is 74.7 Å². The lowest BCUT2D eigenvalue weighted by molar-refractivity contribution is -0.125. The molecular formula is C15H14INO4. The largest absolute Gasteiger partial charge is 0.478 e. The standard InChI is InChI=1S/C15H14INO4/c16-9-3-4-11(10(7-9)13(19)20)17-12(18)8-15(14(17)21)5-1-2-6-15/h3-4,7H,1-2,5-6,8H2,(H,19,20). The SMILES string of the molecule is O=C(O)c1cc(I)ccc1N1C(=O)CC2(CCCC2)C1=O. The van der Waals surface area contributed by atoms with E-state index >= 15 is 0 Å². The first-order valence-corrected chi connectivity index (χ1v) is 7.93. The Balaban J connectivity index is 2.07. The Kier molecular flexibility index (Phi) is 3.51. The molecule has 6 heteroatoms. The number of rotatable bonds is 2. The Morgan fingerprint density at radius 2 is 1.90 bits per heavy atom. The summed E-state index contributed by atoms with van der Waals surface area (Å²) in [5, 5.41) is 9.33. The molecule has 0 radical (unpaired) electrons. The molecule has 2 fully saturated rings. The maximum atomic E-state index is 12.7. The monoisotopic (exact) mass is 399 g/mol. The predicted octanol–water partition coefficient (Wildman–Crippen LogP) is 2.81. The third-order valence-electron chi connectivity index (χ3n) is 4.39. The molecule has 0 bridgehead atoms. The van der Waals surface area contributed by atoms with Gasteiger partial charge < -0.3 is 5.11 Å². The molecular weight excluding hydrogens is 385 g/mol. The van der Waals surface area contributed by atoms with Gasteiger partial charge in [0.15, 0.2) is 0 Å². The predicted molar refractivity (Wildman–Crippen MR) is 84.1 cm³/mol. The van der Waals surface area contributed by atoms with Gasteiger partial charge in [0.05, 0.1) is 16.7 Å². The van der Waals surface area contributed by atoms with E-state index in [2.05, 4.69) is 0 Å². The molecule has 1 saturated carbocycles. The molecule has 1 spiro atoms. The highest BCUT2D eigenvalue weighted by molar-refractivity contribution is 14.1. The quantitative estimate of drug-likeness (QED) is 0.613. The summed E-state index contributed by atoms with van der Waals surface area (Å²) in [7, 11) is 0. The number of carboxylic acid groups (broad SMARTS) is 1. The van der Waals surface area contributed by atoms with E-state index in [9.17, 15) is 19.5 Å². The van der Waals surface area contributed by atoms with Gasteiger partial charge in [0.2, 0.25) is 11.8 Å². The van der Waals surface area contributed by atoms with Crippen molar-refractivity contribution in [2.24, 2.45) is 5.41 Å². The fourth-order valence-electron chi connectivity index (χ4n) is 3.36. The molecule has 3 rings (SSSR count). The van der Waals surface area contributed by atoms with Crippen molar-refractivity contribution in [3.05, 3.63) is 27.3 Å². The van der Waals surface area contributed by atoms with Crippen molar-refractivity contribution in [3.8, 4) is 0 Å². The summed E-state index contributed by atoms with van der Waals surface area (Å²) in [6, 6.07) is 4.75. The smallest absolute Gasteiger partial charge is 0.337 e. The number of aromatic carboxylic acids is 1. The highest BCUT2D eigenvalue weighted by Crippen LogP contribution is 2.48. The summed E-state index contributed by atoms with van der Waals surface area (Å²) in [6.45, 7) is 0. The number of amides is 2. The molecule has 1 heterocycles. The number of hydrogen-bond acceptors (Lipinski definition) is 3. The molecule has 1 aromatic rings. The molecule has 1 aliphatic heterocycles. The second-order valence-electron chi connectivity index (χ2n) is 5.67. The number of carbonyl (C=O) groups is 3. The Morgan fingerprint density at radius 1 is 1.24 bits per heavy atom. The Labute approximate surface area is 135 Å². The first kappa shape index (κ1) is 14.5. The van der Waals surface area contributed by atoms with Crippen molar-refractivity contribution in [2.75, 3.05) is 4.90 Å². The molecule has 2 aliphatic rings. The van der Waals surface area contributed by atoms with Crippen LogP contribution in [-0.2, 0) is 9.59 Å². The van der Waals surface area contributed by atoms with Gasteiger partial charge in [-0.1, -0.05) is 12.8 Å². The highest BCUT2D eigenvalue weighted by atomic mass is 127. The molecule has 0 unspecified atom stereocenters. The van der Waals surface area contributed by atoms with Gasteiger partial charge in [-0.3, -0.25) is 9.59 Å². The number of anilines is 1. The Bertz CT molecular complexity index is 649. The maximum Gasteiger partial charge on any atom is 0.337 e. The van der Waals surface area contributed by atoms with Crippen molar-refractivity contribution >= 4 is 46.1 Å². The molecule has 21 heavy (non-hydrogen) atoms. The van der Waals surface area contributed by atoms with Crippen LogP contribution in [0.15, 0.2) is 18.2 Å². The van der Waals surface area contributed by atoms with Crippen molar-refractivity contribution in [1.29, 1.82) is 0 Å². The van der Waals surface area contributed by atoms with Crippen molar-refractivity contribution < 1.29 is 19.5 Å². The third-order valence-corrected chi connectivity index (χ3v) is 5.06. The lowest BCUT2D eigenvalue weighted by Crippen LogP contribution is -2.35. The molecule has 1 aliphatic carbocycles. The maximum absolute atomic E-state index is 12.7. The van der Waals surface area contributed by atoms with Gasteiger partial charge in [0.25, 0.3) is 0 Å². The number of carboxylic acids is 1. The average Bonchev–Trinajstić information content (AvgIpc) is 2.98. The van der Waals surface area contributed by atoms with Crippen LogP contribution in [0, 0.1) is 8.99 Å². The van der Waals surface area contributed by atoms with Crippen molar-refractivity contribution in [1.82, 2.24) is 0 Å². The van der Waals surface area contributed by atoms with E-state index in [-0.39, 0.29) is 29.5 Å². The summed E-state index contributed by atoms with van der Waals surface area (Å²) in [6.07, 6.45) is 3.55. The van der Waals surface area contributed by atoms with Gasteiger partial charge in [-0.05, 0) is 53.6 Å². The minimum Gasteiger partial charge on any atom is -0.478 e. The molecule has 1 saturated heterocycles. The second-order valence-corrected chi connectivity index (χ2v) is 6.91. The number of hydrogen-bond donors (Lipinski definition) is 1. The summed E-state index contributed by atoms with van der Waals surface area (Å²) >= 11 is 2.01. The zero-order valence-electron chi connectivity index (χ0n) is 11.3. The first-order chi connectivity index (χ1) is 9.94. The summed E-state index contributed by atoms with van der Waals surface area (Å²) in [4.78, 5) is 37.5. The van der Waals surface area contributed by atoms with Crippen molar-refractivity contribution in [3.63, 3.8) is 0 Å². The van der Waals surface area contributed by atoms with E-state index in [0.717, 1.165) is 34.2 Å². The van der Waals surface area contributed by atoms with Gasteiger partial charge in [0.1, 0.15) is 0 Å². The van der Waals surface area contributed by atoms with Crippen molar-refractivity contribution in [2.45, 2.75) is 32.1 Å². The number of carbonyl (C=O) groups excluding carboxylic acids is 2. The molecule has 110 valence electrons. The minimum absolute atomic E-state index is 0.00125. The molecule has 1 N–H and O–H groups in total. The zero-order valence-corrected chi connectivity index (χ0v) is 13.4. The molecule has 5 nitrogen and oxygen atoms in total. The summed E-state index contributed by atoms with van der Waals surface area (Å²) in [5.41, 5.74) is -0.393. The highest BCUT2D eigenvalue weighted by Gasteiger charge is 2.53. The minimum atomic E-state index is -1.13. The van der Waals surface area contributed by atoms with Crippen LogP contribution in [0.25, 0.3) is 0 Å². The lowest BCUT2D eigenvalue weighted by Gasteiger charge is -2.22. The zero-order chi connectivity index (χ0) is 15.2. The second kappa shape index (κ2) is 5.08. The first-order valence-electron chi connectivity index (χ1n) is 6.85. The lowest BCUT2D eigenvalue weighted by atomic mass is 9.84. The van der Waals surface area contributed by atoms with Gasteiger partial charge in [-0.2, -0.15) is 0 Å². The van der Waals surface area contributed by atoms with E-state index in [1.807, 2.05) is 22.6 Å². The van der Waals surface area contributed by atoms with E-state index < -0.39 is 11.4 Å². The van der Waals surface area contributed by atoms with Crippen LogP contribution in [0.5, 0.6) is 0 Å². The Morgan fingerprint density at radius 3 is 2.52 bits per heavy atom. The van der Waals surface area contributed by atoms with Crippen LogP contribution in [0.2, 0.25) is 0 Å². The van der Waals surface area contributed by atoms with Gasteiger partial charge >= 0.3 is 5.97 Å². The third kappa shape index (κ3) is 2.25. The molecule has 0 atom stereocenters. The van der Waals surface area contributed by atoms with E-state index in [1.165, 1.54) is 6.07 Å². The normalized spacial score (nSPS) is 20.5. The fourth-order valence-corrected chi connectivity index (χ4v) is 3.85.